The first kappa shape index (κ1) is 16.7. The van der Waals surface area contributed by atoms with Crippen LogP contribution in [0.3, 0.4) is 0 Å². The summed E-state index contributed by atoms with van der Waals surface area (Å²) in [4.78, 5) is 26.7. The highest BCUT2D eigenvalue weighted by atomic mass is 16.5. The lowest BCUT2D eigenvalue weighted by Gasteiger charge is -2.36. The number of hydrogen-bond acceptors (Lipinski definition) is 6. The molecule has 7 nitrogen and oxygen atoms in total. The maximum absolute atomic E-state index is 13.2. The van der Waals surface area contributed by atoms with Crippen molar-refractivity contribution >= 4 is 11.7 Å². The molecule has 7 heteroatoms. The quantitative estimate of drug-likeness (QED) is 0.828. The van der Waals surface area contributed by atoms with E-state index >= 15 is 0 Å². The molecule has 0 saturated carbocycles. The molecule has 2 atom stereocenters. The van der Waals surface area contributed by atoms with Gasteiger partial charge in [-0.05, 0) is 46.0 Å². The molecule has 0 radical (unpaired) electrons. The fourth-order valence-electron chi connectivity index (χ4n) is 4.93. The third-order valence-electron chi connectivity index (χ3n) is 6.45. The molecule has 3 saturated heterocycles. The van der Waals surface area contributed by atoms with E-state index in [4.69, 9.17) is 4.52 Å². The third kappa shape index (κ3) is 2.71. The van der Waals surface area contributed by atoms with Gasteiger partial charge in [-0.1, -0.05) is 5.16 Å². The molecule has 1 amide bonds. The molecule has 27 heavy (non-hydrogen) atoms. The lowest BCUT2D eigenvalue weighted by Crippen LogP contribution is -2.47. The SMILES string of the molecule is Cc1noc(C)c1CN1C(=O)[C@H]2CC[C@@H]1CN(c1ncnc3c1CCC3)C2. The van der Waals surface area contributed by atoms with Gasteiger partial charge in [-0.15, -0.1) is 0 Å². The highest BCUT2D eigenvalue weighted by Crippen LogP contribution is 2.35. The predicted octanol–water partition coefficient (Wildman–Crippen LogP) is 2.20. The maximum atomic E-state index is 13.2. The van der Waals surface area contributed by atoms with Crippen LogP contribution in [0.4, 0.5) is 5.82 Å². The van der Waals surface area contributed by atoms with Gasteiger partial charge >= 0.3 is 0 Å². The summed E-state index contributed by atoms with van der Waals surface area (Å²) >= 11 is 0. The van der Waals surface area contributed by atoms with Gasteiger partial charge in [0.25, 0.3) is 0 Å². The van der Waals surface area contributed by atoms with Crippen LogP contribution in [0.2, 0.25) is 0 Å². The Bertz CT molecular complexity index is 873. The van der Waals surface area contributed by atoms with Crippen molar-refractivity contribution < 1.29 is 9.32 Å². The number of fused-ring (bicyclic) bond motifs is 5. The summed E-state index contributed by atoms with van der Waals surface area (Å²) in [5, 5.41) is 4.05. The van der Waals surface area contributed by atoms with Crippen molar-refractivity contribution in [3.63, 3.8) is 0 Å². The van der Waals surface area contributed by atoms with Crippen molar-refractivity contribution in [3.8, 4) is 0 Å². The average molecular weight is 367 g/mol. The van der Waals surface area contributed by atoms with Crippen molar-refractivity contribution in [1.29, 1.82) is 0 Å². The first-order valence-electron chi connectivity index (χ1n) is 9.91. The topological polar surface area (TPSA) is 75.4 Å². The van der Waals surface area contributed by atoms with Crippen LogP contribution in [0.15, 0.2) is 10.9 Å². The molecule has 3 aliphatic heterocycles. The molecule has 6 rings (SSSR count). The number of anilines is 1. The van der Waals surface area contributed by atoms with Crippen LogP contribution in [-0.4, -0.2) is 45.1 Å². The molecule has 0 aromatic carbocycles. The van der Waals surface area contributed by atoms with E-state index in [1.54, 1.807) is 6.33 Å². The number of nitrogens with zero attached hydrogens (tertiary/aromatic N) is 5. The normalized spacial score (nSPS) is 24.4. The van der Waals surface area contributed by atoms with E-state index in [2.05, 4.69) is 24.9 Å². The molecule has 5 heterocycles. The second-order valence-electron chi connectivity index (χ2n) is 8.08. The summed E-state index contributed by atoms with van der Waals surface area (Å²) < 4.78 is 5.31. The number of aromatic nitrogens is 3. The molecule has 142 valence electrons. The van der Waals surface area contributed by atoms with Crippen molar-refractivity contribution in [3.05, 3.63) is 34.6 Å². The zero-order valence-electron chi connectivity index (χ0n) is 15.9. The number of piperidine rings is 1. The minimum absolute atomic E-state index is 0.0382. The van der Waals surface area contributed by atoms with Gasteiger partial charge in [0.05, 0.1) is 18.2 Å². The fraction of sp³-hybridized carbons (Fsp3) is 0.600. The van der Waals surface area contributed by atoms with Crippen molar-refractivity contribution in [2.24, 2.45) is 5.92 Å². The Balaban J connectivity index is 1.45. The van der Waals surface area contributed by atoms with Crippen molar-refractivity contribution in [2.75, 3.05) is 18.0 Å². The van der Waals surface area contributed by atoms with Gasteiger partial charge in [0.15, 0.2) is 0 Å². The molecule has 0 unspecified atom stereocenters. The van der Waals surface area contributed by atoms with Gasteiger partial charge < -0.3 is 14.3 Å². The highest BCUT2D eigenvalue weighted by molar-refractivity contribution is 5.81. The molecular weight excluding hydrogens is 342 g/mol. The Morgan fingerprint density at radius 2 is 2.07 bits per heavy atom. The lowest BCUT2D eigenvalue weighted by molar-refractivity contribution is -0.140. The summed E-state index contributed by atoms with van der Waals surface area (Å²) in [6.45, 7) is 6.07. The van der Waals surface area contributed by atoms with Gasteiger partial charge in [-0.2, -0.15) is 0 Å². The van der Waals surface area contributed by atoms with Crippen LogP contribution < -0.4 is 4.90 Å². The van der Waals surface area contributed by atoms with Crippen LogP contribution in [0, 0.1) is 19.8 Å². The number of carbonyl (C=O) groups is 1. The van der Waals surface area contributed by atoms with Gasteiger partial charge in [0.2, 0.25) is 5.91 Å². The smallest absolute Gasteiger partial charge is 0.228 e. The van der Waals surface area contributed by atoms with E-state index in [0.29, 0.717) is 6.54 Å². The zero-order chi connectivity index (χ0) is 18.5. The van der Waals surface area contributed by atoms with E-state index < -0.39 is 0 Å². The van der Waals surface area contributed by atoms with Crippen molar-refractivity contribution in [2.45, 2.75) is 58.5 Å². The van der Waals surface area contributed by atoms with Crippen LogP contribution in [0.5, 0.6) is 0 Å². The van der Waals surface area contributed by atoms with E-state index in [0.717, 1.165) is 68.0 Å². The highest BCUT2D eigenvalue weighted by Gasteiger charge is 2.42. The minimum Gasteiger partial charge on any atom is -0.361 e. The van der Waals surface area contributed by atoms with E-state index in [-0.39, 0.29) is 17.9 Å². The maximum Gasteiger partial charge on any atom is 0.228 e. The van der Waals surface area contributed by atoms with Crippen LogP contribution in [-0.2, 0) is 24.2 Å². The Hall–Kier alpha value is -2.44. The van der Waals surface area contributed by atoms with Gasteiger partial charge in [-0.3, -0.25) is 4.79 Å². The summed E-state index contributed by atoms with van der Waals surface area (Å²) in [6.07, 6.45) is 6.94. The lowest BCUT2D eigenvalue weighted by atomic mass is 9.93. The molecule has 1 aliphatic carbocycles. The number of amides is 1. The summed E-state index contributed by atoms with van der Waals surface area (Å²) in [5.41, 5.74) is 4.41. The number of rotatable bonds is 3. The molecule has 0 N–H and O–H groups in total. The largest absolute Gasteiger partial charge is 0.361 e. The number of carbonyl (C=O) groups excluding carboxylic acids is 1. The summed E-state index contributed by atoms with van der Waals surface area (Å²) in [6, 6.07) is 0.206. The monoisotopic (exact) mass is 367 g/mol. The zero-order valence-corrected chi connectivity index (χ0v) is 15.9. The summed E-state index contributed by atoms with van der Waals surface area (Å²) in [5.74, 6) is 2.17. The van der Waals surface area contributed by atoms with E-state index in [1.807, 2.05) is 13.8 Å². The average Bonchev–Trinajstić information content (AvgIpc) is 3.16. The first-order valence-corrected chi connectivity index (χ1v) is 9.91. The molecule has 0 spiro atoms. The van der Waals surface area contributed by atoms with Crippen LogP contribution in [0.1, 0.15) is 47.5 Å². The van der Waals surface area contributed by atoms with E-state index in [1.165, 1.54) is 11.3 Å². The first-order chi connectivity index (χ1) is 13.1. The molecule has 3 fully saturated rings. The number of aryl methyl sites for hydroxylation is 3. The fourth-order valence-corrected chi connectivity index (χ4v) is 4.93. The summed E-state index contributed by atoms with van der Waals surface area (Å²) in [7, 11) is 0. The van der Waals surface area contributed by atoms with Crippen molar-refractivity contribution in [1.82, 2.24) is 20.0 Å². The molecule has 2 bridgehead atoms. The Morgan fingerprint density at radius 3 is 2.89 bits per heavy atom. The molecule has 2 aromatic heterocycles. The van der Waals surface area contributed by atoms with E-state index in [9.17, 15) is 4.79 Å². The number of hydrogen-bond donors (Lipinski definition) is 0. The Morgan fingerprint density at radius 1 is 1.19 bits per heavy atom. The minimum atomic E-state index is 0.0382. The van der Waals surface area contributed by atoms with Gasteiger partial charge in [-0.25, -0.2) is 9.97 Å². The van der Waals surface area contributed by atoms with Gasteiger partial charge in [0, 0.05) is 36.0 Å². The third-order valence-corrected chi connectivity index (χ3v) is 6.45. The predicted molar refractivity (Wildman–Crippen MR) is 99.3 cm³/mol. The Kier molecular flexibility index (Phi) is 3.91. The second-order valence-corrected chi connectivity index (χ2v) is 8.08. The van der Waals surface area contributed by atoms with Gasteiger partial charge in [0.1, 0.15) is 17.9 Å². The van der Waals surface area contributed by atoms with Crippen LogP contribution >= 0.6 is 0 Å². The van der Waals surface area contributed by atoms with Crippen LogP contribution in [0.25, 0.3) is 0 Å². The second kappa shape index (κ2) is 6.32. The molecular formula is C20H25N5O2. The Labute approximate surface area is 158 Å². The molecule has 2 aromatic rings. The molecule has 4 aliphatic rings. The standard InChI is InChI=1S/C20H25N5O2/c1-12-17(13(2)27-23-12)10-25-15-7-6-14(20(25)26)8-24(9-15)19-16-4-3-5-18(16)21-11-22-19/h11,14-15H,3-10H2,1-2H3/t14-,15+/m0/s1.